The molecule has 2 amide bonds. The molecule has 2 bridgehead atoms. The molecule has 4 heterocycles. The molecule has 3 aliphatic heterocycles. The van der Waals surface area contributed by atoms with E-state index in [9.17, 15) is 24.2 Å². The number of aliphatic hydroxyl groups is 1. The fraction of sp³-hybridized carbons (Fsp3) is 0.500. The fourth-order valence-corrected chi connectivity index (χ4v) is 8.08. The molecule has 8 rings (SSSR count). The van der Waals surface area contributed by atoms with Gasteiger partial charge in [0.25, 0.3) is 0 Å². The Morgan fingerprint density at radius 3 is 2.75 bits per heavy atom. The van der Waals surface area contributed by atoms with Crippen LogP contribution < -0.4 is 5.32 Å². The highest BCUT2D eigenvalue weighted by Gasteiger charge is 2.72. The summed E-state index contributed by atoms with van der Waals surface area (Å²) in [6.45, 7) is 4.59. The first-order valence-electron chi connectivity index (χ1n) is 13.6. The first-order valence-corrected chi connectivity index (χ1v) is 14.5. The maximum atomic E-state index is 14.6. The number of urea groups is 1. The summed E-state index contributed by atoms with van der Waals surface area (Å²) in [5.74, 6) is -1.06. The van der Waals surface area contributed by atoms with E-state index in [1.165, 1.54) is 17.4 Å². The van der Waals surface area contributed by atoms with Gasteiger partial charge in [0, 0.05) is 67.6 Å². The maximum Gasteiger partial charge on any atom is 0.335 e. The lowest BCUT2D eigenvalue weighted by molar-refractivity contribution is -0.217. The molecule has 10 nitrogen and oxygen atoms in total. The van der Waals surface area contributed by atoms with Crippen LogP contribution in [0.25, 0.3) is 0 Å². The van der Waals surface area contributed by atoms with E-state index in [0.29, 0.717) is 60.4 Å². The quantitative estimate of drug-likeness (QED) is 0.471. The van der Waals surface area contributed by atoms with E-state index in [2.05, 4.69) is 15.2 Å². The number of fused-ring (bicyclic) bond motifs is 1. The van der Waals surface area contributed by atoms with Crippen LogP contribution in [0.4, 0.5) is 9.18 Å². The summed E-state index contributed by atoms with van der Waals surface area (Å²) in [6, 6.07) is 3.87. The minimum absolute atomic E-state index is 0.0196. The predicted octanol–water partition coefficient (Wildman–Crippen LogP) is 2.36. The molecule has 2 aromatic rings. The number of piperazine rings is 1. The largest absolute Gasteiger partial charge is 0.478 e. The molecule has 12 heteroatoms. The van der Waals surface area contributed by atoms with Crippen LogP contribution >= 0.6 is 11.3 Å². The Morgan fingerprint density at radius 1 is 1.25 bits per heavy atom. The van der Waals surface area contributed by atoms with Crippen LogP contribution in [0.15, 0.2) is 46.0 Å². The van der Waals surface area contributed by atoms with Crippen LogP contribution in [0.3, 0.4) is 0 Å². The number of nitrogens with one attached hydrogen (secondary N) is 1. The molecule has 6 aliphatic rings. The summed E-state index contributed by atoms with van der Waals surface area (Å²) in [5.41, 5.74) is 1.38. The van der Waals surface area contributed by atoms with Crippen LogP contribution in [-0.2, 0) is 4.79 Å². The van der Waals surface area contributed by atoms with Gasteiger partial charge in [0.2, 0.25) is 0 Å². The van der Waals surface area contributed by atoms with E-state index >= 15 is 0 Å². The van der Waals surface area contributed by atoms with Crippen LogP contribution in [-0.4, -0.2) is 98.6 Å². The van der Waals surface area contributed by atoms with Gasteiger partial charge in [-0.1, -0.05) is 12.1 Å². The third-order valence-electron chi connectivity index (χ3n) is 9.43. The summed E-state index contributed by atoms with van der Waals surface area (Å²) in [4.78, 5) is 41.2. The lowest BCUT2D eigenvalue weighted by Crippen LogP contribution is -2.76. The topological polar surface area (TPSA) is 122 Å². The van der Waals surface area contributed by atoms with Crippen molar-refractivity contribution < 1.29 is 24.2 Å². The van der Waals surface area contributed by atoms with Crippen LogP contribution in [0, 0.1) is 18.2 Å². The van der Waals surface area contributed by atoms with Gasteiger partial charge in [-0.05, 0) is 43.4 Å². The number of carboxylic acids is 1. The van der Waals surface area contributed by atoms with Crippen molar-refractivity contribution in [2.24, 2.45) is 10.4 Å². The number of carboxylic acid groups (broad SMARTS) is 1. The lowest BCUT2D eigenvalue weighted by atomic mass is 9.39. The molecule has 3 N–H and O–H groups in total. The Balaban J connectivity index is 1.16. The molecule has 3 aliphatic carbocycles. The average molecular weight is 567 g/mol. The number of benzene rings is 1. The second-order valence-corrected chi connectivity index (χ2v) is 12.8. The first-order chi connectivity index (χ1) is 19.2. The summed E-state index contributed by atoms with van der Waals surface area (Å²) >= 11 is 1.39. The SMILES string of the molecule is Cc1c(F)cccc1C1N=C(c2nccs2)NC(CN2CCN3C(=O)N(C45CC(CO)(C4)C5)CC3C2)=C1C(=O)O. The molecule has 3 saturated carbocycles. The minimum atomic E-state index is -1.11. The van der Waals surface area contributed by atoms with E-state index in [-0.39, 0.29) is 35.2 Å². The number of aliphatic imine (C=N–C) groups is 1. The van der Waals surface area contributed by atoms with Gasteiger partial charge in [-0.15, -0.1) is 11.3 Å². The second kappa shape index (κ2) is 9.08. The highest BCUT2D eigenvalue weighted by atomic mass is 32.1. The molecular weight excluding hydrogens is 535 g/mol. The van der Waals surface area contributed by atoms with Crippen LogP contribution in [0.1, 0.15) is 41.4 Å². The third kappa shape index (κ3) is 3.80. The summed E-state index contributed by atoms with van der Waals surface area (Å²) < 4.78 is 14.6. The summed E-state index contributed by atoms with van der Waals surface area (Å²) in [5, 5.41) is 25.7. The number of hydrogen-bond acceptors (Lipinski definition) is 8. The molecule has 5 fully saturated rings. The van der Waals surface area contributed by atoms with Crippen molar-refractivity contribution in [3.63, 3.8) is 0 Å². The van der Waals surface area contributed by atoms with Gasteiger partial charge in [0.05, 0.1) is 11.6 Å². The molecule has 1 aromatic heterocycles. The van der Waals surface area contributed by atoms with Gasteiger partial charge in [-0.2, -0.15) is 0 Å². The van der Waals surface area contributed by atoms with E-state index in [0.717, 1.165) is 19.3 Å². The van der Waals surface area contributed by atoms with Crippen molar-refractivity contribution in [3.05, 3.63) is 63.0 Å². The number of thiazole rings is 1. The molecular formula is C28H31FN6O4S. The number of aliphatic hydroxyl groups excluding tert-OH is 1. The van der Waals surface area contributed by atoms with Gasteiger partial charge < -0.3 is 25.3 Å². The number of hydrogen-bond donors (Lipinski definition) is 3. The van der Waals surface area contributed by atoms with Crippen LogP contribution in [0.5, 0.6) is 0 Å². The highest BCUT2D eigenvalue weighted by Crippen LogP contribution is 2.70. The molecule has 40 heavy (non-hydrogen) atoms. The number of carbonyl (C=O) groups is 2. The monoisotopic (exact) mass is 566 g/mol. The lowest BCUT2D eigenvalue weighted by Gasteiger charge is -2.72. The minimum Gasteiger partial charge on any atom is -0.478 e. The van der Waals surface area contributed by atoms with Crippen molar-refractivity contribution in [3.8, 4) is 0 Å². The number of amidine groups is 1. The van der Waals surface area contributed by atoms with Crippen molar-refractivity contribution >= 4 is 29.2 Å². The Morgan fingerprint density at radius 2 is 2.05 bits per heavy atom. The number of aromatic nitrogens is 1. The van der Waals surface area contributed by atoms with E-state index in [4.69, 9.17) is 4.99 Å². The molecule has 2 unspecified atom stereocenters. The highest BCUT2D eigenvalue weighted by molar-refractivity contribution is 7.11. The fourth-order valence-electron chi connectivity index (χ4n) is 7.49. The normalized spacial score (nSPS) is 31.4. The van der Waals surface area contributed by atoms with Gasteiger partial charge in [0.1, 0.15) is 11.9 Å². The van der Waals surface area contributed by atoms with Crippen LogP contribution in [0.2, 0.25) is 0 Å². The molecule has 0 spiro atoms. The van der Waals surface area contributed by atoms with E-state index in [1.54, 1.807) is 25.3 Å². The summed E-state index contributed by atoms with van der Waals surface area (Å²) in [7, 11) is 0. The average Bonchev–Trinajstić information content (AvgIpc) is 3.53. The number of amides is 2. The molecule has 2 atom stereocenters. The number of halogens is 1. The zero-order chi connectivity index (χ0) is 27.8. The van der Waals surface area contributed by atoms with Gasteiger partial charge in [0.15, 0.2) is 10.8 Å². The van der Waals surface area contributed by atoms with E-state index < -0.39 is 17.8 Å². The van der Waals surface area contributed by atoms with Gasteiger partial charge in [-0.25, -0.2) is 19.0 Å². The first kappa shape index (κ1) is 25.6. The number of nitrogens with zero attached hydrogens (tertiary/aromatic N) is 5. The maximum absolute atomic E-state index is 14.6. The smallest absolute Gasteiger partial charge is 0.335 e. The van der Waals surface area contributed by atoms with Gasteiger partial charge in [-0.3, -0.25) is 9.89 Å². The molecule has 0 radical (unpaired) electrons. The Hall–Kier alpha value is -3.35. The molecule has 210 valence electrons. The van der Waals surface area contributed by atoms with Gasteiger partial charge >= 0.3 is 12.0 Å². The zero-order valence-electron chi connectivity index (χ0n) is 22.1. The molecule has 1 aromatic carbocycles. The standard InChI is InChI=1S/C28H31FN6O4S/c1-16-18(3-2-4-19(16)29)22-21(25(37)38)20(31-23(32-22)24-30-5-8-40-24)11-33-6-7-34-17(9-33)10-35(26(34)39)28-12-27(13-28,14-28)15-36/h2-5,8,17,22,36H,6-7,9-15H2,1H3,(H,31,32)(H,37,38). The Labute approximate surface area is 234 Å². The number of rotatable bonds is 7. The Kier molecular flexibility index (Phi) is 5.81. The second-order valence-electron chi connectivity index (χ2n) is 11.9. The van der Waals surface area contributed by atoms with Crippen molar-refractivity contribution in [2.45, 2.75) is 43.8 Å². The van der Waals surface area contributed by atoms with Crippen molar-refractivity contribution in [1.29, 1.82) is 0 Å². The van der Waals surface area contributed by atoms with Crippen molar-refractivity contribution in [2.75, 3.05) is 39.3 Å². The predicted molar refractivity (Wildman–Crippen MR) is 145 cm³/mol. The van der Waals surface area contributed by atoms with E-state index in [1.807, 2.05) is 15.2 Å². The van der Waals surface area contributed by atoms with Crippen molar-refractivity contribution in [1.82, 2.24) is 25.0 Å². The Bertz CT molecular complexity index is 1440. The third-order valence-corrected chi connectivity index (χ3v) is 10.2. The summed E-state index contributed by atoms with van der Waals surface area (Å²) in [6.07, 6.45) is 4.31. The number of aliphatic carboxylic acids is 1. The zero-order valence-corrected chi connectivity index (χ0v) is 23.0. The molecule has 2 saturated heterocycles. The number of carbonyl (C=O) groups excluding carboxylic acids is 1.